The topological polar surface area (TPSA) is 46.6 Å². The molecule has 1 amide bonds. The summed E-state index contributed by atoms with van der Waals surface area (Å²) >= 11 is 3.36. The van der Waals surface area contributed by atoms with Gasteiger partial charge in [-0.3, -0.25) is 4.79 Å². The molecule has 1 aromatic carbocycles. The monoisotopic (exact) mass is 325 g/mol. The fourth-order valence-corrected chi connectivity index (χ4v) is 2.79. The standard InChI is InChI=1S/C14H16BrNO3/c1-9-5-11(7-12(15)6-9)14(18)19-13-3-4-16(8-13)10(2)17/h5-7,13H,3-4,8H2,1-2H3/t13-/m1/s1. The number of rotatable bonds is 2. The van der Waals surface area contributed by atoms with E-state index in [9.17, 15) is 9.59 Å². The van der Waals surface area contributed by atoms with Gasteiger partial charge in [0.05, 0.1) is 12.1 Å². The van der Waals surface area contributed by atoms with Crippen LogP contribution in [0, 0.1) is 6.92 Å². The second-order valence-corrected chi connectivity index (χ2v) is 5.71. The van der Waals surface area contributed by atoms with E-state index in [-0.39, 0.29) is 18.0 Å². The molecule has 5 heteroatoms. The quantitative estimate of drug-likeness (QED) is 0.785. The largest absolute Gasteiger partial charge is 0.457 e. The third-order valence-corrected chi connectivity index (χ3v) is 3.60. The average molecular weight is 326 g/mol. The molecule has 1 aliphatic rings. The molecule has 1 aromatic rings. The molecule has 0 aliphatic carbocycles. The van der Waals surface area contributed by atoms with Crippen LogP contribution in [-0.2, 0) is 9.53 Å². The second kappa shape index (κ2) is 5.74. The summed E-state index contributed by atoms with van der Waals surface area (Å²) in [6.45, 7) is 4.61. The van der Waals surface area contributed by atoms with Gasteiger partial charge >= 0.3 is 5.97 Å². The molecule has 0 radical (unpaired) electrons. The predicted octanol–water partition coefficient (Wildman–Crippen LogP) is 2.54. The van der Waals surface area contributed by atoms with Crippen LogP contribution < -0.4 is 0 Å². The molecule has 1 saturated heterocycles. The van der Waals surface area contributed by atoms with Gasteiger partial charge in [-0.05, 0) is 30.7 Å². The van der Waals surface area contributed by atoms with Gasteiger partial charge in [0, 0.05) is 24.4 Å². The highest BCUT2D eigenvalue weighted by atomic mass is 79.9. The number of nitrogens with zero attached hydrogens (tertiary/aromatic N) is 1. The first-order valence-electron chi connectivity index (χ1n) is 6.19. The first-order valence-corrected chi connectivity index (χ1v) is 6.98. The zero-order valence-corrected chi connectivity index (χ0v) is 12.6. The Morgan fingerprint density at radius 1 is 1.37 bits per heavy atom. The van der Waals surface area contributed by atoms with E-state index in [4.69, 9.17) is 4.74 Å². The van der Waals surface area contributed by atoms with Gasteiger partial charge in [-0.15, -0.1) is 0 Å². The van der Waals surface area contributed by atoms with Crippen molar-refractivity contribution in [2.75, 3.05) is 13.1 Å². The second-order valence-electron chi connectivity index (χ2n) is 4.80. The van der Waals surface area contributed by atoms with Crippen LogP contribution in [0.25, 0.3) is 0 Å². The maximum Gasteiger partial charge on any atom is 0.338 e. The van der Waals surface area contributed by atoms with Gasteiger partial charge < -0.3 is 9.64 Å². The molecule has 102 valence electrons. The van der Waals surface area contributed by atoms with E-state index >= 15 is 0 Å². The molecule has 1 atom stereocenters. The predicted molar refractivity (Wildman–Crippen MR) is 75.0 cm³/mol. The van der Waals surface area contributed by atoms with Crippen LogP contribution in [0.4, 0.5) is 0 Å². The molecular formula is C14H16BrNO3. The minimum atomic E-state index is -0.334. The number of aryl methyl sites for hydroxylation is 1. The molecule has 0 spiro atoms. The third-order valence-electron chi connectivity index (χ3n) is 3.14. The summed E-state index contributed by atoms with van der Waals surface area (Å²) in [5, 5.41) is 0. The molecule has 0 saturated carbocycles. The van der Waals surface area contributed by atoms with Crippen LogP contribution in [0.15, 0.2) is 22.7 Å². The van der Waals surface area contributed by atoms with Crippen LogP contribution in [0.3, 0.4) is 0 Å². The van der Waals surface area contributed by atoms with Crippen LogP contribution in [0.1, 0.15) is 29.3 Å². The number of benzene rings is 1. The fraction of sp³-hybridized carbons (Fsp3) is 0.429. The van der Waals surface area contributed by atoms with Gasteiger partial charge in [0.15, 0.2) is 0 Å². The molecular weight excluding hydrogens is 310 g/mol. The Morgan fingerprint density at radius 2 is 2.11 bits per heavy atom. The first kappa shape index (κ1) is 14.1. The van der Waals surface area contributed by atoms with Crippen molar-refractivity contribution in [3.05, 3.63) is 33.8 Å². The number of hydrogen-bond donors (Lipinski definition) is 0. The van der Waals surface area contributed by atoms with Crippen molar-refractivity contribution < 1.29 is 14.3 Å². The third kappa shape index (κ3) is 3.56. The van der Waals surface area contributed by atoms with E-state index in [1.54, 1.807) is 17.0 Å². The van der Waals surface area contributed by atoms with E-state index in [1.165, 1.54) is 6.92 Å². The summed E-state index contributed by atoms with van der Waals surface area (Å²) in [6, 6.07) is 5.47. The van der Waals surface area contributed by atoms with Crippen molar-refractivity contribution in [2.45, 2.75) is 26.4 Å². The van der Waals surface area contributed by atoms with Gasteiger partial charge in [-0.2, -0.15) is 0 Å². The maximum absolute atomic E-state index is 12.0. The molecule has 2 rings (SSSR count). The number of amides is 1. The van der Waals surface area contributed by atoms with Crippen LogP contribution in [0.2, 0.25) is 0 Å². The molecule has 1 fully saturated rings. The summed E-state index contributed by atoms with van der Waals surface area (Å²) in [7, 11) is 0. The Balaban J connectivity index is 2.00. The number of carbonyl (C=O) groups is 2. The normalized spacial score (nSPS) is 18.5. The molecule has 1 heterocycles. The minimum Gasteiger partial charge on any atom is -0.457 e. The summed E-state index contributed by atoms with van der Waals surface area (Å²) in [4.78, 5) is 24.9. The highest BCUT2D eigenvalue weighted by Gasteiger charge is 2.27. The van der Waals surface area contributed by atoms with Crippen molar-refractivity contribution in [2.24, 2.45) is 0 Å². The number of esters is 1. The lowest BCUT2D eigenvalue weighted by Gasteiger charge is -2.14. The lowest BCUT2D eigenvalue weighted by molar-refractivity contribution is -0.128. The highest BCUT2D eigenvalue weighted by Crippen LogP contribution is 2.19. The summed E-state index contributed by atoms with van der Waals surface area (Å²) in [6.07, 6.45) is 0.508. The highest BCUT2D eigenvalue weighted by molar-refractivity contribution is 9.10. The van der Waals surface area contributed by atoms with Gasteiger partial charge in [-0.25, -0.2) is 4.79 Å². The molecule has 0 aromatic heterocycles. The smallest absolute Gasteiger partial charge is 0.338 e. The molecule has 0 bridgehead atoms. The summed E-state index contributed by atoms with van der Waals surface area (Å²) in [5.74, 6) is -0.309. The Hall–Kier alpha value is -1.36. The molecule has 0 unspecified atom stereocenters. The van der Waals surface area contributed by atoms with Gasteiger partial charge in [0.1, 0.15) is 6.10 Å². The SMILES string of the molecule is CC(=O)N1CC[C@@H](OC(=O)c2cc(C)cc(Br)c2)C1. The van der Waals surface area contributed by atoms with Crippen molar-refractivity contribution in [1.82, 2.24) is 4.90 Å². The Bertz CT molecular complexity index is 495. The van der Waals surface area contributed by atoms with Gasteiger partial charge in [0.2, 0.25) is 5.91 Å². The van der Waals surface area contributed by atoms with E-state index in [1.807, 2.05) is 13.0 Å². The zero-order valence-electron chi connectivity index (χ0n) is 11.0. The number of ether oxygens (including phenoxy) is 1. The zero-order chi connectivity index (χ0) is 14.0. The minimum absolute atomic E-state index is 0.0249. The Kier molecular flexibility index (Phi) is 4.24. The fourth-order valence-electron chi connectivity index (χ4n) is 2.18. The van der Waals surface area contributed by atoms with Crippen LogP contribution in [0.5, 0.6) is 0 Å². The summed E-state index contributed by atoms with van der Waals surface area (Å²) < 4.78 is 6.29. The Morgan fingerprint density at radius 3 is 2.68 bits per heavy atom. The van der Waals surface area contributed by atoms with Crippen molar-refractivity contribution in [1.29, 1.82) is 0 Å². The number of halogens is 1. The molecule has 4 nitrogen and oxygen atoms in total. The number of likely N-dealkylation sites (tertiary alicyclic amines) is 1. The molecule has 0 N–H and O–H groups in total. The van der Waals surface area contributed by atoms with Gasteiger partial charge in [-0.1, -0.05) is 15.9 Å². The molecule has 19 heavy (non-hydrogen) atoms. The Labute approximate surface area is 120 Å². The van der Waals surface area contributed by atoms with E-state index in [0.29, 0.717) is 25.1 Å². The van der Waals surface area contributed by atoms with E-state index < -0.39 is 0 Å². The number of hydrogen-bond acceptors (Lipinski definition) is 3. The van der Waals surface area contributed by atoms with E-state index in [2.05, 4.69) is 15.9 Å². The average Bonchev–Trinajstić information content (AvgIpc) is 2.76. The lowest BCUT2D eigenvalue weighted by Crippen LogP contribution is -2.28. The lowest BCUT2D eigenvalue weighted by atomic mass is 10.1. The van der Waals surface area contributed by atoms with Crippen LogP contribution in [-0.4, -0.2) is 36.0 Å². The molecule has 1 aliphatic heterocycles. The van der Waals surface area contributed by atoms with Crippen LogP contribution >= 0.6 is 15.9 Å². The van der Waals surface area contributed by atoms with Gasteiger partial charge in [0.25, 0.3) is 0 Å². The van der Waals surface area contributed by atoms with Crippen molar-refractivity contribution in [3.63, 3.8) is 0 Å². The van der Waals surface area contributed by atoms with Crippen molar-refractivity contribution >= 4 is 27.8 Å². The first-order chi connectivity index (χ1) is 8.95. The number of carbonyl (C=O) groups excluding carboxylic acids is 2. The van der Waals surface area contributed by atoms with E-state index in [0.717, 1.165) is 10.0 Å². The van der Waals surface area contributed by atoms with Crippen molar-refractivity contribution in [3.8, 4) is 0 Å². The maximum atomic E-state index is 12.0. The summed E-state index contributed by atoms with van der Waals surface area (Å²) in [5.41, 5.74) is 1.53.